The molecule has 0 spiro atoms. The molecule has 12 heteroatoms. The Kier molecular flexibility index (Phi) is 10.9. The van der Waals surface area contributed by atoms with Gasteiger partial charge in [0.1, 0.15) is 11.8 Å². The minimum absolute atomic E-state index is 0.154. The monoisotopic (exact) mass is 574 g/mol. The molecule has 1 N–H and O–H groups in total. The summed E-state index contributed by atoms with van der Waals surface area (Å²) >= 11 is 0. The van der Waals surface area contributed by atoms with Gasteiger partial charge in [-0.2, -0.15) is 4.31 Å². The number of ether oxygens (including phenoxy) is 3. The molecule has 2 amide bonds. The van der Waals surface area contributed by atoms with Gasteiger partial charge in [-0.1, -0.05) is 30.3 Å². The van der Waals surface area contributed by atoms with Crippen molar-refractivity contribution in [2.75, 3.05) is 72.3 Å². The van der Waals surface area contributed by atoms with Crippen LogP contribution in [0.25, 0.3) is 0 Å². The van der Waals surface area contributed by atoms with Gasteiger partial charge in [0.2, 0.25) is 15.9 Å². The van der Waals surface area contributed by atoms with Crippen molar-refractivity contribution in [3.63, 3.8) is 0 Å². The number of benzene rings is 2. The number of nitrogens with zero attached hydrogens (tertiary/aromatic N) is 3. The van der Waals surface area contributed by atoms with Crippen LogP contribution in [0.3, 0.4) is 0 Å². The lowest BCUT2D eigenvalue weighted by molar-refractivity contribution is -0.142. The minimum Gasteiger partial charge on any atom is -0.484 e. The molecule has 2 heterocycles. The van der Waals surface area contributed by atoms with Crippen LogP contribution in [-0.4, -0.2) is 113 Å². The van der Waals surface area contributed by atoms with Gasteiger partial charge in [-0.15, -0.1) is 0 Å². The normalized spacial score (nSPS) is 17.6. The Morgan fingerprint density at radius 2 is 1.57 bits per heavy atom. The quantitative estimate of drug-likeness (QED) is 0.398. The van der Waals surface area contributed by atoms with E-state index >= 15 is 0 Å². The summed E-state index contributed by atoms with van der Waals surface area (Å²) < 4.78 is 43.4. The second kappa shape index (κ2) is 14.6. The highest BCUT2D eigenvalue weighted by atomic mass is 32.2. The van der Waals surface area contributed by atoms with E-state index in [9.17, 15) is 18.0 Å². The van der Waals surface area contributed by atoms with Crippen molar-refractivity contribution in [1.29, 1.82) is 0 Å². The maximum Gasteiger partial charge on any atom is 0.261 e. The van der Waals surface area contributed by atoms with E-state index in [0.29, 0.717) is 51.8 Å². The van der Waals surface area contributed by atoms with Crippen LogP contribution in [0.4, 0.5) is 0 Å². The Bertz CT molecular complexity index is 1200. The van der Waals surface area contributed by atoms with Crippen molar-refractivity contribution in [2.45, 2.75) is 24.4 Å². The number of rotatable bonds is 12. The lowest BCUT2D eigenvalue weighted by Crippen LogP contribution is -2.50. The predicted octanol–water partition coefficient (Wildman–Crippen LogP) is 0.952. The van der Waals surface area contributed by atoms with Crippen molar-refractivity contribution in [3.05, 3.63) is 60.2 Å². The molecule has 2 fully saturated rings. The molecule has 0 radical (unpaired) electrons. The van der Waals surface area contributed by atoms with Crippen molar-refractivity contribution in [2.24, 2.45) is 0 Å². The van der Waals surface area contributed by atoms with E-state index in [4.69, 9.17) is 14.2 Å². The number of carbonyl (C=O) groups excluding carboxylic acids is 2. The van der Waals surface area contributed by atoms with E-state index in [1.165, 1.54) is 33.5 Å². The third-order valence-corrected chi connectivity index (χ3v) is 8.90. The molecular weight excluding hydrogens is 536 g/mol. The lowest BCUT2D eigenvalue weighted by Gasteiger charge is -2.30. The topological polar surface area (TPSA) is 118 Å². The fraction of sp³-hybridized carbons (Fsp3) is 0.500. The molecule has 0 aromatic heterocycles. The second-order valence-electron chi connectivity index (χ2n) is 9.70. The molecule has 4 rings (SSSR count). The van der Waals surface area contributed by atoms with Gasteiger partial charge in [0.05, 0.1) is 31.3 Å². The first-order chi connectivity index (χ1) is 19.3. The molecule has 0 aliphatic carbocycles. The first kappa shape index (κ1) is 29.9. The van der Waals surface area contributed by atoms with Gasteiger partial charge in [-0.25, -0.2) is 8.42 Å². The van der Waals surface area contributed by atoms with Gasteiger partial charge in [0, 0.05) is 45.8 Å². The number of amides is 2. The highest BCUT2D eigenvalue weighted by Gasteiger charge is 2.28. The molecule has 40 heavy (non-hydrogen) atoms. The van der Waals surface area contributed by atoms with Crippen LogP contribution < -0.4 is 10.1 Å². The summed E-state index contributed by atoms with van der Waals surface area (Å²) in [6.45, 7) is 7.26. The van der Waals surface area contributed by atoms with E-state index in [0.717, 1.165) is 25.2 Å². The van der Waals surface area contributed by atoms with Crippen LogP contribution in [-0.2, 0) is 35.6 Å². The van der Waals surface area contributed by atoms with E-state index in [2.05, 4.69) is 10.2 Å². The van der Waals surface area contributed by atoms with E-state index in [1.807, 2.05) is 30.3 Å². The molecule has 0 saturated carbocycles. The molecule has 2 aliphatic rings. The lowest BCUT2D eigenvalue weighted by atomic mass is 10.1. The summed E-state index contributed by atoms with van der Waals surface area (Å²) in [7, 11) is -3.63. The highest BCUT2D eigenvalue weighted by molar-refractivity contribution is 7.89. The molecular formula is C28H38N4O7S. The molecule has 1 unspecified atom stereocenters. The van der Waals surface area contributed by atoms with Crippen molar-refractivity contribution < 1.29 is 32.2 Å². The maximum absolute atomic E-state index is 13.3. The summed E-state index contributed by atoms with van der Waals surface area (Å²) in [6, 6.07) is 14.7. The Balaban J connectivity index is 1.35. The second-order valence-corrected chi connectivity index (χ2v) is 11.6. The minimum atomic E-state index is -3.63. The number of hydrogen-bond donors (Lipinski definition) is 1. The van der Waals surface area contributed by atoms with Gasteiger partial charge in [-0.3, -0.25) is 14.5 Å². The summed E-state index contributed by atoms with van der Waals surface area (Å²) in [4.78, 5) is 30.2. The number of morpholine rings is 2. The third kappa shape index (κ3) is 8.24. The van der Waals surface area contributed by atoms with Crippen LogP contribution in [0.15, 0.2) is 59.5 Å². The summed E-state index contributed by atoms with van der Waals surface area (Å²) in [6.07, 6.45) is 0. The van der Waals surface area contributed by atoms with E-state index < -0.39 is 16.1 Å². The van der Waals surface area contributed by atoms with Crippen LogP contribution in [0.1, 0.15) is 12.5 Å². The number of sulfonamides is 1. The van der Waals surface area contributed by atoms with Crippen molar-refractivity contribution in [1.82, 2.24) is 19.4 Å². The van der Waals surface area contributed by atoms with Crippen LogP contribution in [0.2, 0.25) is 0 Å². The number of nitrogens with one attached hydrogen (secondary N) is 1. The standard InChI is InChI=1S/C28H38N4O7S/c1-23(28(34)29-11-12-30-13-17-37-18-14-30)32(21-24-5-3-2-4-6-24)27(33)22-39-25-7-9-26(10-8-25)40(35,36)31-15-19-38-20-16-31/h2-10,23H,11-22H2,1H3,(H,29,34). The van der Waals surface area contributed by atoms with Gasteiger partial charge >= 0.3 is 0 Å². The Morgan fingerprint density at radius 3 is 2.23 bits per heavy atom. The van der Waals surface area contributed by atoms with Crippen molar-refractivity contribution in [3.8, 4) is 5.75 Å². The third-order valence-electron chi connectivity index (χ3n) is 6.99. The SMILES string of the molecule is CC(C(=O)NCCN1CCOCC1)N(Cc1ccccc1)C(=O)COc1ccc(S(=O)(=O)N2CCOCC2)cc1. The average Bonchev–Trinajstić information content (AvgIpc) is 3.00. The molecule has 2 aromatic carbocycles. The van der Waals surface area contributed by atoms with Gasteiger partial charge in [0.25, 0.3) is 5.91 Å². The zero-order chi connectivity index (χ0) is 28.4. The van der Waals surface area contributed by atoms with Gasteiger partial charge in [-0.05, 0) is 36.8 Å². The summed E-state index contributed by atoms with van der Waals surface area (Å²) in [5, 5.41) is 2.95. The number of hydrogen-bond acceptors (Lipinski definition) is 8. The van der Waals surface area contributed by atoms with E-state index in [1.54, 1.807) is 6.92 Å². The van der Waals surface area contributed by atoms with Crippen LogP contribution >= 0.6 is 0 Å². The molecule has 2 saturated heterocycles. The van der Waals surface area contributed by atoms with Gasteiger partial charge < -0.3 is 24.4 Å². The molecule has 2 aliphatic heterocycles. The largest absolute Gasteiger partial charge is 0.484 e. The summed E-state index contributed by atoms with van der Waals surface area (Å²) in [5.41, 5.74) is 0.890. The summed E-state index contributed by atoms with van der Waals surface area (Å²) in [5.74, 6) is -0.239. The fourth-order valence-corrected chi connectivity index (χ4v) is 5.95. The maximum atomic E-state index is 13.3. The van der Waals surface area contributed by atoms with Crippen LogP contribution in [0, 0.1) is 0 Å². The van der Waals surface area contributed by atoms with Gasteiger partial charge in [0.15, 0.2) is 6.61 Å². The molecule has 218 valence electrons. The average molecular weight is 575 g/mol. The smallest absolute Gasteiger partial charge is 0.261 e. The molecule has 11 nitrogen and oxygen atoms in total. The Hall–Kier alpha value is -3.03. The number of carbonyl (C=O) groups is 2. The molecule has 1 atom stereocenters. The first-order valence-corrected chi connectivity index (χ1v) is 15.0. The fourth-order valence-electron chi connectivity index (χ4n) is 4.54. The predicted molar refractivity (Wildman–Crippen MR) is 148 cm³/mol. The Morgan fingerprint density at radius 1 is 0.950 bits per heavy atom. The zero-order valence-corrected chi connectivity index (χ0v) is 23.7. The van der Waals surface area contributed by atoms with Crippen LogP contribution in [0.5, 0.6) is 5.75 Å². The first-order valence-electron chi connectivity index (χ1n) is 13.6. The molecule has 0 bridgehead atoms. The van der Waals surface area contributed by atoms with E-state index in [-0.39, 0.29) is 29.9 Å². The highest BCUT2D eigenvalue weighted by Crippen LogP contribution is 2.21. The zero-order valence-electron chi connectivity index (χ0n) is 22.9. The van der Waals surface area contributed by atoms with Crippen molar-refractivity contribution >= 4 is 21.8 Å². The Labute approximate surface area is 236 Å². The molecule has 2 aromatic rings.